The van der Waals surface area contributed by atoms with E-state index >= 15 is 0 Å². The van der Waals surface area contributed by atoms with Gasteiger partial charge < -0.3 is 29.7 Å². The number of likely N-dealkylation sites (tertiary alicyclic amines) is 1. The zero-order valence-corrected chi connectivity index (χ0v) is 25.5. The van der Waals surface area contributed by atoms with E-state index in [9.17, 15) is 18.8 Å². The lowest BCUT2D eigenvalue weighted by Gasteiger charge is -2.46. The number of aromatic nitrogens is 3. The first kappa shape index (κ1) is 31.5. The van der Waals surface area contributed by atoms with Crippen molar-refractivity contribution in [3.63, 3.8) is 0 Å². The number of nitrogens with zero attached hydrogens (tertiary/aromatic N) is 7. The highest BCUT2D eigenvalue weighted by Crippen LogP contribution is 2.34. The minimum atomic E-state index is -3.33. The van der Waals surface area contributed by atoms with Gasteiger partial charge in [0.1, 0.15) is 18.1 Å². The molecule has 0 radical (unpaired) electrons. The number of carbonyl (C=O) groups excluding carboxylic acids is 1. The Bertz CT molecular complexity index is 1580. The van der Waals surface area contributed by atoms with Gasteiger partial charge in [-0.15, -0.1) is 0 Å². The van der Waals surface area contributed by atoms with Gasteiger partial charge in [-0.25, -0.2) is 18.7 Å². The zero-order valence-electron chi connectivity index (χ0n) is 25.5. The Morgan fingerprint density at radius 1 is 1.17 bits per heavy atom. The quantitative estimate of drug-likeness (QED) is 0.359. The molecule has 12 nitrogen and oxygen atoms in total. The summed E-state index contributed by atoms with van der Waals surface area (Å²) < 4.78 is 40.8. The van der Waals surface area contributed by atoms with E-state index in [1.165, 1.54) is 18.5 Å². The highest BCUT2D eigenvalue weighted by atomic mass is 19.3. The fourth-order valence-corrected chi connectivity index (χ4v) is 6.04. The largest absolute Gasteiger partial charge is 0.483 e. The van der Waals surface area contributed by atoms with Crippen molar-refractivity contribution in [1.29, 1.82) is 5.26 Å². The molecule has 3 aromatic rings. The van der Waals surface area contributed by atoms with E-state index < -0.39 is 31.1 Å². The molecule has 3 fully saturated rings. The van der Waals surface area contributed by atoms with Gasteiger partial charge >= 0.3 is 5.92 Å². The van der Waals surface area contributed by atoms with Crippen molar-refractivity contribution in [3.8, 4) is 23.2 Å². The molecule has 2 aromatic carbocycles. The summed E-state index contributed by atoms with van der Waals surface area (Å²) >= 11 is 0. The number of hydrogen-bond acceptors (Lipinski definition) is 11. The molecule has 1 aromatic heterocycles. The first-order valence-electron chi connectivity index (χ1n) is 15.4. The maximum atomic E-state index is 14.9. The molecule has 1 amide bonds. The molecule has 0 aliphatic carbocycles. The summed E-state index contributed by atoms with van der Waals surface area (Å²) in [6, 6.07) is 15.5. The van der Waals surface area contributed by atoms with Crippen molar-refractivity contribution in [2.75, 3.05) is 62.8 Å². The van der Waals surface area contributed by atoms with Crippen molar-refractivity contribution >= 4 is 23.2 Å². The average molecular weight is 635 g/mol. The van der Waals surface area contributed by atoms with Crippen molar-refractivity contribution < 1.29 is 28.2 Å². The Balaban J connectivity index is 1.09. The average Bonchev–Trinajstić information content (AvgIpc) is 3.02. The highest BCUT2D eigenvalue weighted by Gasteiger charge is 2.47. The minimum Gasteiger partial charge on any atom is -0.483 e. The second-order valence-corrected chi connectivity index (χ2v) is 11.8. The van der Waals surface area contributed by atoms with Crippen LogP contribution in [0.15, 0.2) is 48.8 Å². The number of ether oxygens (including phenoxy) is 2. The second kappa shape index (κ2) is 13.5. The van der Waals surface area contributed by atoms with Crippen LogP contribution in [0.2, 0.25) is 0 Å². The Hall–Kier alpha value is -4.45. The van der Waals surface area contributed by atoms with Crippen LogP contribution in [0.5, 0.6) is 5.75 Å². The van der Waals surface area contributed by atoms with Gasteiger partial charge in [-0.2, -0.15) is 10.2 Å². The van der Waals surface area contributed by atoms with E-state index in [2.05, 4.69) is 49.1 Å². The standard InChI is InChI=1S/C32H36F2N8O4/c1-21-16-40(26-17-45-18-26)11-12-42(21)25-5-3-24(4-6-25)38-31-37-20-36-30(39-31)22-2-7-27(23(14-22)15-35)46-28-8-10-41(19-32(28,33)34)29(44)9-13-43/h2-7,14,20-21,26,28,43H,8-13,16-19H2,1H3,(H,36,37,38,39)/t21-,28?/m0/s1. The molecular weight excluding hydrogens is 598 g/mol. The molecular formula is C32H36F2N8O4. The van der Waals surface area contributed by atoms with Gasteiger partial charge in [-0.3, -0.25) is 9.69 Å². The first-order chi connectivity index (χ1) is 22.2. The Morgan fingerprint density at radius 2 is 1.98 bits per heavy atom. The maximum absolute atomic E-state index is 14.9. The van der Waals surface area contributed by atoms with Crippen LogP contribution in [0.1, 0.15) is 25.3 Å². The number of amides is 1. The van der Waals surface area contributed by atoms with Crippen LogP contribution in [0.4, 0.5) is 26.1 Å². The Morgan fingerprint density at radius 3 is 2.65 bits per heavy atom. The fourth-order valence-electron chi connectivity index (χ4n) is 6.04. The molecule has 0 spiro atoms. The van der Waals surface area contributed by atoms with Crippen molar-refractivity contribution in [2.24, 2.45) is 0 Å². The molecule has 46 heavy (non-hydrogen) atoms. The van der Waals surface area contributed by atoms with E-state index in [1.807, 2.05) is 18.2 Å². The van der Waals surface area contributed by atoms with E-state index in [-0.39, 0.29) is 30.7 Å². The first-order valence-corrected chi connectivity index (χ1v) is 15.4. The SMILES string of the molecule is C[C@H]1CN(C2COC2)CCN1c1ccc(Nc2ncnc(-c3ccc(OC4CCN(C(=O)CCO)CC4(F)F)c(C#N)c3)n2)cc1. The molecule has 0 bridgehead atoms. The number of aliphatic hydroxyl groups excluding tert-OH is 1. The molecule has 4 heterocycles. The lowest BCUT2D eigenvalue weighted by molar-refractivity contribution is -0.160. The number of hydrogen-bond donors (Lipinski definition) is 2. The van der Waals surface area contributed by atoms with E-state index in [0.717, 1.165) is 49.1 Å². The lowest BCUT2D eigenvalue weighted by Crippen LogP contribution is -2.59. The second-order valence-electron chi connectivity index (χ2n) is 11.8. The Kier molecular flexibility index (Phi) is 9.25. The van der Waals surface area contributed by atoms with Gasteiger partial charge in [0.05, 0.1) is 38.0 Å². The van der Waals surface area contributed by atoms with Gasteiger partial charge in [0.15, 0.2) is 11.9 Å². The van der Waals surface area contributed by atoms with Gasteiger partial charge in [-0.05, 0) is 49.4 Å². The zero-order chi connectivity index (χ0) is 32.3. The van der Waals surface area contributed by atoms with Gasteiger partial charge in [-0.1, -0.05) is 0 Å². The van der Waals surface area contributed by atoms with Crippen LogP contribution in [0, 0.1) is 11.3 Å². The van der Waals surface area contributed by atoms with Crippen molar-refractivity contribution in [3.05, 3.63) is 54.4 Å². The third-order valence-electron chi connectivity index (χ3n) is 8.66. The number of benzene rings is 2. The number of rotatable bonds is 9. The van der Waals surface area contributed by atoms with Gasteiger partial charge in [0, 0.05) is 62.0 Å². The summed E-state index contributed by atoms with van der Waals surface area (Å²) in [5.74, 6) is -3.26. The minimum absolute atomic E-state index is 0.00587. The van der Waals surface area contributed by atoms with Crippen LogP contribution in [-0.4, -0.2) is 112 Å². The summed E-state index contributed by atoms with van der Waals surface area (Å²) in [5.41, 5.74) is 2.48. The van der Waals surface area contributed by atoms with E-state index in [4.69, 9.17) is 14.6 Å². The lowest BCUT2D eigenvalue weighted by atomic mass is 10.0. The maximum Gasteiger partial charge on any atom is 0.301 e. The van der Waals surface area contributed by atoms with Crippen molar-refractivity contribution in [1.82, 2.24) is 24.8 Å². The summed E-state index contributed by atoms with van der Waals surface area (Å²) in [5, 5.41) is 21.9. The number of carbonyl (C=O) groups is 1. The van der Waals surface area contributed by atoms with E-state index in [1.54, 1.807) is 6.07 Å². The summed E-state index contributed by atoms with van der Waals surface area (Å²) in [7, 11) is 0. The van der Waals surface area contributed by atoms with Crippen LogP contribution >= 0.6 is 0 Å². The molecule has 14 heteroatoms. The molecule has 0 saturated carbocycles. The molecule has 6 rings (SSSR count). The van der Waals surface area contributed by atoms with Crippen molar-refractivity contribution in [2.45, 2.75) is 43.9 Å². The number of nitriles is 1. The number of anilines is 3. The predicted molar refractivity (Wildman–Crippen MR) is 165 cm³/mol. The van der Waals surface area contributed by atoms with Crippen LogP contribution < -0.4 is 15.0 Å². The molecule has 242 valence electrons. The third-order valence-corrected chi connectivity index (χ3v) is 8.66. The molecule has 1 unspecified atom stereocenters. The molecule has 3 aliphatic rings. The van der Waals surface area contributed by atoms with Crippen LogP contribution in [0.25, 0.3) is 11.4 Å². The van der Waals surface area contributed by atoms with Gasteiger partial charge in [0.2, 0.25) is 11.9 Å². The number of piperidine rings is 1. The van der Waals surface area contributed by atoms with E-state index in [0.29, 0.717) is 29.4 Å². The number of alkyl halides is 2. The number of halogens is 2. The third kappa shape index (κ3) is 6.86. The Labute approximate surface area is 265 Å². The monoisotopic (exact) mass is 634 g/mol. The van der Waals surface area contributed by atoms with Crippen LogP contribution in [-0.2, 0) is 9.53 Å². The summed E-state index contributed by atoms with van der Waals surface area (Å²) in [6.45, 7) is 5.69. The van der Waals surface area contributed by atoms with Crippen LogP contribution in [0.3, 0.4) is 0 Å². The summed E-state index contributed by atoms with van der Waals surface area (Å²) in [4.78, 5) is 30.9. The highest BCUT2D eigenvalue weighted by molar-refractivity contribution is 5.76. The number of piperazine rings is 1. The molecule has 3 aliphatic heterocycles. The normalized spacial score (nSPS) is 21.7. The number of nitrogens with one attached hydrogen (secondary N) is 1. The van der Waals surface area contributed by atoms with Gasteiger partial charge in [0.25, 0.3) is 0 Å². The molecule has 3 saturated heterocycles. The fraction of sp³-hybridized carbons (Fsp3) is 0.469. The molecule has 2 N–H and O–H groups in total. The number of aliphatic hydroxyl groups is 1. The predicted octanol–water partition coefficient (Wildman–Crippen LogP) is 3.06. The molecule has 2 atom stereocenters. The summed E-state index contributed by atoms with van der Waals surface area (Å²) in [6.07, 6.45) is -0.489. The smallest absolute Gasteiger partial charge is 0.301 e. The topological polar surface area (TPSA) is 140 Å².